The first-order valence-corrected chi connectivity index (χ1v) is 6.58. The number of hydrogen-bond donors (Lipinski definition) is 1. The van der Waals surface area contributed by atoms with Crippen LogP contribution < -0.4 is 5.73 Å². The van der Waals surface area contributed by atoms with E-state index in [4.69, 9.17) is 5.73 Å². The molecule has 0 bridgehead atoms. The molecule has 3 nitrogen and oxygen atoms in total. The van der Waals surface area contributed by atoms with Gasteiger partial charge >= 0.3 is 0 Å². The Morgan fingerprint density at radius 2 is 2.12 bits per heavy atom. The second kappa shape index (κ2) is 4.47. The van der Waals surface area contributed by atoms with E-state index in [1.54, 1.807) is 11.3 Å². The molecule has 0 fully saturated rings. The molecular weight excluding hydrogens is 298 g/mol. The highest BCUT2D eigenvalue weighted by molar-refractivity contribution is 9.11. The summed E-state index contributed by atoms with van der Waals surface area (Å²) in [6, 6.07) is 6.09. The number of nitriles is 1. The van der Waals surface area contributed by atoms with E-state index in [9.17, 15) is 5.26 Å². The molecule has 0 aromatic carbocycles. The molecule has 17 heavy (non-hydrogen) atoms. The Hall–Kier alpha value is -1.38. The molecule has 0 aliphatic heterocycles. The second-order valence-corrected chi connectivity index (χ2v) is 6.14. The monoisotopic (exact) mass is 307 g/mol. The van der Waals surface area contributed by atoms with Gasteiger partial charge in [-0.1, -0.05) is 0 Å². The van der Waals surface area contributed by atoms with Crippen LogP contribution in [0.2, 0.25) is 0 Å². The molecule has 0 aliphatic rings. The Morgan fingerprint density at radius 3 is 2.65 bits per heavy atom. The number of hydrogen-bond acceptors (Lipinski definition) is 4. The van der Waals surface area contributed by atoms with E-state index in [-0.39, 0.29) is 0 Å². The summed E-state index contributed by atoms with van der Waals surface area (Å²) in [5.41, 5.74) is 9.03. The number of pyridine rings is 1. The van der Waals surface area contributed by atoms with E-state index in [2.05, 4.69) is 27.0 Å². The van der Waals surface area contributed by atoms with Crippen LogP contribution >= 0.6 is 27.3 Å². The van der Waals surface area contributed by atoms with Crippen LogP contribution in [0.5, 0.6) is 0 Å². The first-order valence-electron chi connectivity index (χ1n) is 4.97. The van der Waals surface area contributed by atoms with Crippen LogP contribution in [-0.2, 0) is 0 Å². The maximum Gasteiger partial charge on any atom is 0.142 e. The highest BCUT2D eigenvalue weighted by Crippen LogP contribution is 2.37. The van der Waals surface area contributed by atoms with Gasteiger partial charge in [0.15, 0.2) is 0 Å². The quantitative estimate of drug-likeness (QED) is 0.874. The second-order valence-electron chi connectivity index (χ2n) is 3.67. The van der Waals surface area contributed by atoms with Crippen LogP contribution in [0, 0.1) is 25.2 Å². The van der Waals surface area contributed by atoms with Crippen LogP contribution in [0.25, 0.3) is 10.4 Å². The van der Waals surface area contributed by atoms with Crippen LogP contribution in [0.15, 0.2) is 15.9 Å². The van der Waals surface area contributed by atoms with E-state index in [0.717, 1.165) is 25.5 Å². The SMILES string of the molecule is Cc1nc(N)c(C#N)c(-c2ccc(Br)s2)c1C. The van der Waals surface area contributed by atoms with Crippen LogP contribution in [-0.4, -0.2) is 4.98 Å². The van der Waals surface area contributed by atoms with E-state index < -0.39 is 0 Å². The van der Waals surface area contributed by atoms with Crippen molar-refractivity contribution in [3.63, 3.8) is 0 Å². The highest BCUT2D eigenvalue weighted by atomic mass is 79.9. The van der Waals surface area contributed by atoms with Crippen molar-refractivity contribution in [3.8, 4) is 16.5 Å². The van der Waals surface area contributed by atoms with Gasteiger partial charge < -0.3 is 5.73 Å². The zero-order chi connectivity index (χ0) is 12.6. The molecule has 0 saturated carbocycles. The average molecular weight is 308 g/mol. The molecule has 2 rings (SSSR count). The number of aryl methyl sites for hydroxylation is 1. The average Bonchev–Trinajstić information content (AvgIpc) is 2.69. The number of nitrogens with zero attached hydrogens (tertiary/aromatic N) is 2. The van der Waals surface area contributed by atoms with Crippen molar-refractivity contribution in [3.05, 3.63) is 32.7 Å². The van der Waals surface area contributed by atoms with Crippen molar-refractivity contribution in [1.82, 2.24) is 4.98 Å². The van der Waals surface area contributed by atoms with E-state index in [1.807, 2.05) is 26.0 Å². The molecule has 0 atom stereocenters. The van der Waals surface area contributed by atoms with Crippen LogP contribution in [0.1, 0.15) is 16.8 Å². The molecule has 0 aliphatic carbocycles. The van der Waals surface area contributed by atoms with Crippen molar-refractivity contribution >= 4 is 33.1 Å². The third-order valence-corrected chi connectivity index (χ3v) is 4.28. The Labute approximate surface area is 112 Å². The normalized spacial score (nSPS) is 10.2. The third-order valence-electron chi connectivity index (χ3n) is 2.64. The number of thiophene rings is 1. The molecular formula is C12H10BrN3S. The van der Waals surface area contributed by atoms with Crippen molar-refractivity contribution < 1.29 is 0 Å². The lowest BCUT2D eigenvalue weighted by Gasteiger charge is -2.10. The van der Waals surface area contributed by atoms with Crippen molar-refractivity contribution in [2.75, 3.05) is 5.73 Å². The summed E-state index contributed by atoms with van der Waals surface area (Å²) in [4.78, 5) is 5.22. The first-order chi connectivity index (χ1) is 8.04. The smallest absolute Gasteiger partial charge is 0.142 e. The Balaban J connectivity index is 2.80. The van der Waals surface area contributed by atoms with Crippen LogP contribution in [0.4, 0.5) is 5.82 Å². The third kappa shape index (κ3) is 2.06. The molecule has 5 heteroatoms. The predicted molar refractivity (Wildman–Crippen MR) is 73.9 cm³/mol. The summed E-state index contributed by atoms with van der Waals surface area (Å²) < 4.78 is 1.03. The van der Waals surface area contributed by atoms with Gasteiger partial charge in [-0.2, -0.15) is 5.26 Å². The number of nitrogens with two attached hydrogens (primary N) is 1. The topological polar surface area (TPSA) is 62.7 Å². The van der Waals surface area contributed by atoms with Gasteiger partial charge in [0.05, 0.1) is 3.79 Å². The number of anilines is 1. The molecule has 2 N–H and O–H groups in total. The fourth-order valence-corrected chi connectivity index (χ4v) is 3.18. The van der Waals surface area contributed by atoms with Gasteiger partial charge in [-0.15, -0.1) is 11.3 Å². The van der Waals surface area contributed by atoms with Gasteiger partial charge in [-0.3, -0.25) is 0 Å². The highest BCUT2D eigenvalue weighted by Gasteiger charge is 2.16. The minimum atomic E-state index is 0.301. The maximum atomic E-state index is 9.21. The fraction of sp³-hybridized carbons (Fsp3) is 0.167. The summed E-state index contributed by atoms with van der Waals surface area (Å²) in [5.74, 6) is 0.301. The van der Waals surface area contributed by atoms with Crippen LogP contribution in [0.3, 0.4) is 0 Å². The van der Waals surface area contributed by atoms with E-state index in [1.165, 1.54) is 0 Å². The molecule has 2 aromatic heterocycles. The number of rotatable bonds is 1. The minimum absolute atomic E-state index is 0.301. The van der Waals surface area contributed by atoms with Gasteiger partial charge in [0.25, 0.3) is 0 Å². The Kier molecular flexibility index (Phi) is 3.18. The summed E-state index contributed by atoms with van der Waals surface area (Å²) in [5, 5.41) is 9.21. The van der Waals surface area contributed by atoms with Gasteiger partial charge in [-0.25, -0.2) is 4.98 Å². The predicted octanol–water partition coefficient (Wildman–Crippen LogP) is 3.64. The molecule has 0 amide bonds. The molecule has 0 unspecified atom stereocenters. The first kappa shape index (κ1) is 12.1. The van der Waals surface area contributed by atoms with Crippen molar-refractivity contribution in [1.29, 1.82) is 5.26 Å². The molecule has 2 aromatic rings. The zero-order valence-electron chi connectivity index (χ0n) is 9.41. The summed E-state index contributed by atoms with van der Waals surface area (Å²) in [6.07, 6.45) is 0. The van der Waals surface area contributed by atoms with Crippen molar-refractivity contribution in [2.45, 2.75) is 13.8 Å². The van der Waals surface area contributed by atoms with Gasteiger partial charge in [-0.05, 0) is 47.5 Å². The standard InChI is InChI=1S/C12H10BrN3S/c1-6-7(2)16-12(15)8(5-14)11(6)9-3-4-10(13)17-9/h3-4H,1-2H3,(H2,15,16). The lowest BCUT2D eigenvalue weighted by Crippen LogP contribution is -2.02. The van der Waals surface area contributed by atoms with Gasteiger partial charge in [0.2, 0.25) is 0 Å². The molecule has 0 saturated heterocycles. The minimum Gasteiger partial charge on any atom is -0.383 e. The largest absolute Gasteiger partial charge is 0.383 e. The molecule has 2 heterocycles. The molecule has 0 radical (unpaired) electrons. The lowest BCUT2D eigenvalue weighted by molar-refractivity contribution is 1.15. The summed E-state index contributed by atoms with van der Waals surface area (Å²) in [7, 11) is 0. The number of halogens is 1. The Morgan fingerprint density at radius 1 is 1.41 bits per heavy atom. The zero-order valence-corrected chi connectivity index (χ0v) is 11.8. The number of nitrogen functional groups attached to an aromatic ring is 1. The summed E-state index contributed by atoms with van der Waals surface area (Å²) in [6.45, 7) is 3.87. The molecule has 0 spiro atoms. The van der Waals surface area contributed by atoms with Gasteiger partial charge in [0.1, 0.15) is 17.5 Å². The lowest BCUT2D eigenvalue weighted by atomic mass is 10.0. The maximum absolute atomic E-state index is 9.21. The molecule has 86 valence electrons. The summed E-state index contributed by atoms with van der Waals surface area (Å²) >= 11 is 5.01. The van der Waals surface area contributed by atoms with E-state index in [0.29, 0.717) is 11.4 Å². The Bertz CT molecular complexity index is 625. The van der Waals surface area contributed by atoms with Crippen molar-refractivity contribution in [2.24, 2.45) is 0 Å². The fourth-order valence-electron chi connectivity index (χ4n) is 1.69. The van der Waals surface area contributed by atoms with Gasteiger partial charge in [0, 0.05) is 16.1 Å². The van der Waals surface area contributed by atoms with E-state index >= 15 is 0 Å². The number of aromatic nitrogens is 1.